The Balaban J connectivity index is 1.92. The molecule has 1 aromatic carbocycles. The zero-order valence-corrected chi connectivity index (χ0v) is 10.0. The Morgan fingerprint density at radius 1 is 1.39 bits per heavy atom. The van der Waals surface area contributed by atoms with Crippen LogP contribution in [0, 0.1) is 0 Å². The molecule has 0 aromatic heterocycles. The van der Waals surface area contributed by atoms with Crippen LogP contribution in [0.5, 0.6) is 0 Å². The molecule has 1 saturated heterocycles. The van der Waals surface area contributed by atoms with Crippen molar-refractivity contribution in [1.29, 1.82) is 0 Å². The summed E-state index contributed by atoms with van der Waals surface area (Å²) in [4.78, 5) is 16.5. The number of hydrogen-bond donors (Lipinski definition) is 2. The molecule has 2 unspecified atom stereocenters. The molecule has 1 aliphatic rings. The lowest BCUT2D eigenvalue weighted by atomic mass is 10.1. The Morgan fingerprint density at radius 2 is 2.17 bits per heavy atom. The quantitative estimate of drug-likeness (QED) is 0.782. The van der Waals surface area contributed by atoms with Crippen molar-refractivity contribution in [2.24, 2.45) is 0 Å². The lowest BCUT2D eigenvalue weighted by molar-refractivity contribution is -0.206. The number of carbonyl (C=O) groups is 1. The fraction of sp³-hybridized carbons (Fsp3) is 0.462. The molecular weight excluding hydrogens is 234 g/mol. The van der Waals surface area contributed by atoms with Gasteiger partial charge in [0.05, 0.1) is 0 Å². The van der Waals surface area contributed by atoms with E-state index in [-0.39, 0.29) is 6.29 Å². The maximum absolute atomic E-state index is 11.2. The molecule has 2 N–H and O–H groups in total. The van der Waals surface area contributed by atoms with Gasteiger partial charge in [-0.1, -0.05) is 30.3 Å². The number of ether oxygens (including phenoxy) is 1. The molecule has 2 rings (SSSR count). The topological polar surface area (TPSA) is 67.8 Å². The number of carboxylic acid groups (broad SMARTS) is 1. The first kappa shape index (κ1) is 13.0. The van der Waals surface area contributed by atoms with Crippen LogP contribution in [0.3, 0.4) is 0 Å². The number of nitrogens with one attached hydrogen (secondary N) is 1. The number of aliphatic carboxylic acids is 1. The monoisotopic (exact) mass is 251 g/mol. The van der Waals surface area contributed by atoms with Gasteiger partial charge in [0.2, 0.25) is 0 Å². The summed E-state index contributed by atoms with van der Waals surface area (Å²) < 4.78 is 5.37. The maximum Gasteiger partial charge on any atom is 0.327 e. The minimum atomic E-state index is -0.975. The molecule has 1 aliphatic heterocycles. The average Bonchev–Trinajstić information content (AvgIpc) is 2.41. The smallest absolute Gasteiger partial charge is 0.327 e. The molecule has 1 fully saturated rings. The molecule has 2 atom stereocenters. The second kappa shape index (κ2) is 6.49. The Hall–Kier alpha value is -1.43. The molecule has 5 heteroatoms. The van der Waals surface area contributed by atoms with Gasteiger partial charge in [0.15, 0.2) is 12.3 Å². The summed E-state index contributed by atoms with van der Waals surface area (Å²) in [5, 5.41) is 9.17. The van der Waals surface area contributed by atoms with Crippen molar-refractivity contribution in [1.82, 2.24) is 5.48 Å². The number of benzene rings is 1. The molecule has 18 heavy (non-hydrogen) atoms. The molecule has 5 nitrogen and oxygen atoms in total. The zero-order valence-electron chi connectivity index (χ0n) is 10.0. The molecule has 98 valence electrons. The second-order valence-electron chi connectivity index (χ2n) is 4.21. The van der Waals surface area contributed by atoms with E-state index in [2.05, 4.69) is 5.48 Å². The number of hydroxylamine groups is 1. The molecule has 0 bridgehead atoms. The molecule has 1 aromatic rings. The predicted octanol–water partition coefficient (Wildman–Crippen LogP) is 1.86. The van der Waals surface area contributed by atoms with Gasteiger partial charge in [-0.3, -0.25) is 9.63 Å². The third-order valence-corrected chi connectivity index (χ3v) is 2.84. The van der Waals surface area contributed by atoms with E-state index in [0.717, 1.165) is 19.3 Å². The summed E-state index contributed by atoms with van der Waals surface area (Å²) in [6.07, 6.45) is 2.49. The van der Waals surface area contributed by atoms with Gasteiger partial charge in [-0.05, 0) is 18.4 Å². The van der Waals surface area contributed by atoms with Crippen LogP contribution in [0.4, 0.5) is 0 Å². The van der Waals surface area contributed by atoms with Crippen molar-refractivity contribution in [3.8, 4) is 0 Å². The molecule has 0 aliphatic carbocycles. The molecular formula is C13H17NO4. The van der Waals surface area contributed by atoms with Crippen LogP contribution in [0.1, 0.15) is 30.9 Å². The first-order valence-electron chi connectivity index (χ1n) is 6.08. The predicted molar refractivity (Wildman–Crippen MR) is 64.6 cm³/mol. The standard InChI is InChI=1S/C13H17NO4/c15-13(16)12(10-6-2-1-3-7-10)14-18-11-8-4-5-9-17-11/h1-3,6-7,11-12,14H,4-5,8-9H2,(H,15,16). The fourth-order valence-corrected chi connectivity index (χ4v) is 1.85. The van der Waals surface area contributed by atoms with Gasteiger partial charge in [0.1, 0.15) is 0 Å². The highest BCUT2D eigenvalue weighted by Gasteiger charge is 2.22. The molecule has 0 radical (unpaired) electrons. The van der Waals surface area contributed by atoms with Crippen molar-refractivity contribution in [3.05, 3.63) is 35.9 Å². The average molecular weight is 251 g/mol. The van der Waals surface area contributed by atoms with E-state index < -0.39 is 12.0 Å². The highest BCUT2D eigenvalue weighted by atomic mass is 16.8. The van der Waals surface area contributed by atoms with E-state index in [1.165, 1.54) is 0 Å². The van der Waals surface area contributed by atoms with Crippen LogP contribution >= 0.6 is 0 Å². The molecule has 1 heterocycles. The van der Waals surface area contributed by atoms with Gasteiger partial charge >= 0.3 is 5.97 Å². The van der Waals surface area contributed by atoms with E-state index in [0.29, 0.717) is 12.2 Å². The molecule has 0 spiro atoms. The Kier molecular flexibility index (Phi) is 4.69. The van der Waals surface area contributed by atoms with Crippen LogP contribution in [0.2, 0.25) is 0 Å². The maximum atomic E-state index is 11.2. The number of rotatable bonds is 5. The second-order valence-corrected chi connectivity index (χ2v) is 4.21. The minimum Gasteiger partial charge on any atom is -0.480 e. The zero-order chi connectivity index (χ0) is 12.8. The van der Waals surface area contributed by atoms with Gasteiger partial charge in [-0.2, -0.15) is 5.48 Å². The molecule has 0 saturated carbocycles. The van der Waals surface area contributed by atoms with Gasteiger partial charge in [-0.15, -0.1) is 0 Å². The first-order chi connectivity index (χ1) is 8.77. The van der Waals surface area contributed by atoms with E-state index in [1.54, 1.807) is 24.3 Å². The van der Waals surface area contributed by atoms with Gasteiger partial charge in [0.25, 0.3) is 0 Å². The summed E-state index contributed by atoms with van der Waals surface area (Å²) in [7, 11) is 0. The lowest BCUT2D eigenvalue weighted by Gasteiger charge is -2.24. The van der Waals surface area contributed by atoms with Crippen molar-refractivity contribution >= 4 is 5.97 Å². The van der Waals surface area contributed by atoms with E-state index in [4.69, 9.17) is 9.57 Å². The Labute approximate surface area is 106 Å². The van der Waals surface area contributed by atoms with Gasteiger partial charge in [-0.25, -0.2) is 0 Å². The highest BCUT2D eigenvalue weighted by molar-refractivity contribution is 5.75. The summed E-state index contributed by atoms with van der Waals surface area (Å²) >= 11 is 0. The van der Waals surface area contributed by atoms with E-state index in [9.17, 15) is 9.90 Å². The van der Waals surface area contributed by atoms with Crippen LogP contribution in [0.15, 0.2) is 30.3 Å². The van der Waals surface area contributed by atoms with E-state index >= 15 is 0 Å². The minimum absolute atomic E-state index is 0.357. The summed E-state index contributed by atoms with van der Waals surface area (Å²) in [6.45, 7) is 0.662. The van der Waals surface area contributed by atoms with Crippen LogP contribution in [0.25, 0.3) is 0 Å². The van der Waals surface area contributed by atoms with Gasteiger partial charge in [0, 0.05) is 13.0 Å². The Morgan fingerprint density at radius 3 is 2.78 bits per heavy atom. The van der Waals surface area contributed by atoms with Crippen molar-refractivity contribution < 1.29 is 19.5 Å². The summed E-state index contributed by atoms with van der Waals surface area (Å²) in [5.41, 5.74) is 3.23. The normalized spacial score (nSPS) is 21.4. The summed E-state index contributed by atoms with van der Waals surface area (Å²) in [6, 6.07) is 8.05. The molecule has 0 amide bonds. The Bertz CT molecular complexity index is 376. The van der Waals surface area contributed by atoms with Crippen LogP contribution in [-0.2, 0) is 14.4 Å². The summed E-state index contributed by atoms with van der Waals surface area (Å²) in [5.74, 6) is -0.975. The van der Waals surface area contributed by atoms with Crippen molar-refractivity contribution in [2.75, 3.05) is 6.61 Å². The van der Waals surface area contributed by atoms with Crippen LogP contribution in [-0.4, -0.2) is 24.0 Å². The van der Waals surface area contributed by atoms with Crippen molar-refractivity contribution in [3.63, 3.8) is 0 Å². The SMILES string of the molecule is O=C(O)C(NOC1CCCCO1)c1ccccc1. The highest BCUT2D eigenvalue weighted by Crippen LogP contribution is 2.16. The number of hydrogen-bond acceptors (Lipinski definition) is 4. The largest absolute Gasteiger partial charge is 0.480 e. The lowest BCUT2D eigenvalue weighted by Crippen LogP contribution is -2.35. The first-order valence-corrected chi connectivity index (χ1v) is 6.08. The third-order valence-electron chi connectivity index (χ3n) is 2.84. The van der Waals surface area contributed by atoms with E-state index in [1.807, 2.05) is 6.07 Å². The third kappa shape index (κ3) is 3.53. The van der Waals surface area contributed by atoms with Gasteiger partial charge < -0.3 is 9.84 Å². The van der Waals surface area contributed by atoms with Crippen molar-refractivity contribution in [2.45, 2.75) is 31.6 Å². The fourth-order valence-electron chi connectivity index (χ4n) is 1.85. The van der Waals surface area contributed by atoms with Crippen LogP contribution < -0.4 is 5.48 Å². The number of carboxylic acids is 1.